The molecule has 0 radical (unpaired) electrons. The van der Waals surface area contributed by atoms with E-state index in [0.29, 0.717) is 0 Å². The lowest BCUT2D eigenvalue weighted by Gasteiger charge is -2.03. The number of rotatable bonds is 1. The van der Waals surface area contributed by atoms with E-state index < -0.39 is 23.5 Å². The summed E-state index contributed by atoms with van der Waals surface area (Å²) in [6.07, 6.45) is -1.94. The van der Waals surface area contributed by atoms with Gasteiger partial charge >= 0.3 is 0 Å². The zero-order valence-corrected chi connectivity index (χ0v) is 6.68. The largest absolute Gasteiger partial charge is 0.281 e. The van der Waals surface area contributed by atoms with E-state index in [2.05, 4.69) is 4.98 Å². The molecule has 1 heterocycles. The van der Waals surface area contributed by atoms with Gasteiger partial charge in [-0.3, -0.25) is 4.98 Å². The number of halogens is 3. The van der Waals surface area contributed by atoms with Crippen LogP contribution in [0.15, 0.2) is 6.20 Å². The van der Waals surface area contributed by atoms with E-state index >= 15 is 0 Å². The van der Waals surface area contributed by atoms with Crippen LogP contribution in [0.1, 0.15) is 23.2 Å². The summed E-state index contributed by atoms with van der Waals surface area (Å²) in [7, 11) is 0. The maximum Gasteiger partial charge on any atom is 0.281 e. The third-order valence-corrected chi connectivity index (χ3v) is 1.54. The molecule has 0 saturated carbocycles. The Morgan fingerprint density at radius 3 is 2.62 bits per heavy atom. The summed E-state index contributed by atoms with van der Waals surface area (Å²) in [6.45, 7) is 1.36. The quantitative estimate of drug-likeness (QED) is 0.674. The van der Waals surface area contributed by atoms with Crippen LogP contribution in [0, 0.1) is 24.1 Å². The predicted molar refractivity (Wildman–Crippen MR) is 38.6 cm³/mol. The first kappa shape index (κ1) is 9.52. The number of pyridine rings is 1. The second kappa shape index (κ2) is 3.44. The first-order valence-electron chi connectivity index (χ1n) is 3.41. The Kier molecular flexibility index (Phi) is 2.52. The normalized spacial score (nSPS) is 10.2. The lowest BCUT2D eigenvalue weighted by molar-refractivity contribution is 0.145. The monoisotopic (exact) mass is 186 g/mol. The summed E-state index contributed by atoms with van der Waals surface area (Å²) in [5.74, 6) is -0.923. The molecule has 1 aromatic rings. The molecule has 0 bridgehead atoms. The third kappa shape index (κ3) is 1.61. The van der Waals surface area contributed by atoms with E-state index in [0.717, 1.165) is 6.20 Å². The molecule has 0 unspecified atom stereocenters. The maximum atomic E-state index is 13.0. The molecule has 0 aliphatic rings. The molecule has 5 heteroatoms. The lowest BCUT2D eigenvalue weighted by atomic mass is 10.1. The number of aromatic nitrogens is 1. The smallest absolute Gasteiger partial charge is 0.253 e. The molecular formula is C8H5F3N2. The average Bonchev–Trinajstić information content (AvgIpc) is 2.09. The number of alkyl halides is 2. The molecule has 1 aromatic heterocycles. The molecule has 2 nitrogen and oxygen atoms in total. The maximum absolute atomic E-state index is 13.0. The van der Waals surface area contributed by atoms with Crippen molar-refractivity contribution < 1.29 is 13.2 Å². The number of aryl methyl sites for hydroxylation is 1. The van der Waals surface area contributed by atoms with Crippen LogP contribution in [0.5, 0.6) is 0 Å². The van der Waals surface area contributed by atoms with Crippen LogP contribution in [0.3, 0.4) is 0 Å². The van der Waals surface area contributed by atoms with E-state index in [4.69, 9.17) is 5.26 Å². The Bertz CT molecular complexity index is 368. The summed E-state index contributed by atoms with van der Waals surface area (Å²) >= 11 is 0. The van der Waals surface area contributed by atoms with Crippen LogP contribution >= 0.6 is 0 Å². The predicted octanol–water partition coefficient (Wildman–Crippen LogP) is 2.34. The number of nitrogens with zero attached hydrogens (tertiary/aromatic N) is 2. The summed E-state index contributed by atoms with van der Waals surface area (Å²) < 4.78 is 37.3. The Hall–Kier alpha value is -1.57. The van der Waals surface area contributed by atoms with Gasteiger partial charge in [0.25, 0.3) is 6.43 Å². The van der Waals surface area contributed by atoms with Crippen molar-refractivity contribution in [3.05, 3.63) is 28.8 Å². The van der Waals surface area contributed by atoms with Crippen LogP contribution in [-0.2, 0) is 0 Å². The summed E-state index contributed by atoms with van der Waals surface area (Å²) in [6, 6.07) is 1.37. The van der Waals surface area contributed by atoms with Crippen LogP contribution in [0.25, 0.3) is 0 Å². The number of nitriles is 1. The summed E-state index contributed by atoms with van der Waals surface area (Å²) in [5, 5.41) is 8.41. The first-order valence-corrected chi connectivity index (χ1v) is 3.41. The van der Waals surface area contributed by atoms with Crippen molar-refractivity contribution in [2.24, 2.45) is 0 Å². The van der Waals surface area contributed by atoms with Gasteiger partial charge in [0.1, 0.15) is 23.1 Å². The van der Waals surface area contributed by atoms with Gasteiger partial charge in [-0.25, -0.2) is 13.2 Å². The van der Waals surface area contributed by atoms with Gasteiger partial charge in [0.05, 0.1) is 0 Å². The van der Waals surface area contributed by atoms with Gasteiger partial charge in [-0.05, 0) is 6.92 Å². The molecule has 0 spiro atoms. The van der Waals surface area contributed by atoms with E-state index in [1.807, 2.05) is 0 Å². The minimum Gasteiger partial charge on any atom is -0.253 e. The molecule has 0 amide bonds. The van der Waals surface area contributed by atoms with Gasteiger partial charge in [0.15, 0.2) is 0 Å². The molecule has 0 fully saturated rings. The third-order valence-electron chi connectivity index (χ3n) is 1.54. The molecule has 0 atom stereocenters. The second-order valence-corrected chi connectivity index (χ2v) is 2.43. The van der Waals surface area contributed by atoms with Crippen molar-refractivity contribution >= 4 is 0 Å². The van der Waals surface area contributed by atoms with Gasteiger partial charge in [-0.2, -0.15) is 5.26 Å². The van der Waals surface area contributed by atoms with Crippen LogP contribution in [0.4, 0.5) is 13.2 Å². The van der Waals surface area contributed by atoms with Crippen LogP contribution < -0.4 is 0 Å². The molecule has 1 rings (SSSR count). The van der Waals surface area contributed by atoms with Gasteiger partial charge in [-0.1, -0.05) is 0 Å². The van der Waals surface area contributed by atoms with Gasteiger partial charge in [0.2, 0.25) is 0 Å². The molecule has 0 N–H and O–H groups in total. The Morgan fingerprint density at radius 1 is 1.54 bits per heavy atom. The van der Waals surface area contributed by atoms with Crippen molar-refractivity contribution in [1.29, 1.82) is 5.26 Å². The van der Waals surface area contributed by atoms with Gasteiger partial charge in [0, 0.05) is 11.8 Å². The van der Waals surface area contributed by atoms with E-state index in [1.165, 1.54) is 13.0 Å². The molecule has 68 valence electrons. The summed E-state index contributed by atoms with van der Waals surface area (Å²) in [4.78, 5) is 3.30. The van der Waals surface area contributed by atoms with Crippen molar-refractivity contribution in [3.63, 3.8) is 0 Å². The van der Waals surface area contributed by atoms with Crippen LogP contribution in [-0.4, -0.2) is 4.98 Å². The topological polar surface area (TPSA) is 36.7 Å². The highest BCUT2D eigenvalue weighted by Gasteiger charge is 2.19. The minimum absolute atomic E-state index is 0.0842. The molecular weight excluding hydrogens is 181 g/mol. The van der Waals surface area contributed by atoms with E-state index in [9.17, 15) is 13.2 Å². The standard InChI is InChI=1S/C8H5F3N2/c1-4-3-13-7(8(10)11)5(2-12)6(4)9/h3,8H,1H3. The van der Waals surface area contributed by atoms with Crippen molar-refractivity contribution in [1.82, 2.24) is 4.98 Å². The molecule has 0 aromatic carbocycles. The summed E-state index contributed by atoms with van der Waals surface area (Å²) in [5.41, 5.74) is -1.39. The highest BCUT2D eigenvalue weighted by Crippen LogP contribution is 2.23. The van der Waals surface area contributed by atoms with Gasteiger partial charge in [-0.15, -0.1) is 0 Å². The van der Waals surface area contributed by atoms with Gasteiger partial charge < -0.3 is 0 Å². The second-order valence-electron chi connectivity index (χ2n) is 2.43. The fraction of sp³-hybridized carbons (Fsp3) is 0.250. The number of hydrogen-bond acceptors (Lipinski definition) is 2. The molecule has 13 heavy (non-hydrogen) atoms. The number of hydrogen-bond donors (Lipinski definition) is 0. The van der Waals surface area contributed by atoms with Crippen molar-refractivity contribution in [3.8, 4) is 6.07 Å². The van der Waals surface area contributed by atoms with Crippen molar-refractivity contribution in [2.75, 3.05) is 0 Å². The Labute approximate surface area is 72.6 Å². The Morgan fingerprint density at radius 2 is 2.15 bits per heavy atom. The zero-order chi connectivity index (χ0) is 10.0. The SMILES string of the molecule is Cc1cnc(C(F)F)c(C#N)c1F. The fourth-order valence-electron chi connectivity index (χ4n) is 0.869. The highest BCUT2D eigenvalue weighted by molar-refractivity contribution is 5.37. The highest BCUT2D eigenvalue weighted by atomic mass is 19.3. The zero-order valence-electron chi connectivity index (χ0n) is 6.68. The average molecular weight is 186 g/mol. The minimum atomic E-state index is -2.93. The molecule has 0 aliphatic heterocycles. The van der Waals surface area contributed by atoms with Crippen LogP contribution in [0.2, 0.25) is 0 Å². The van der Waals surface area contributed by atoms with E-state index in [-0.39, 0.29) is 5.56 Å². The first-order chi connectivity index (χ1) is 6.07. The fourth-order valence-corrected chi connectivity index (χ4v) is 0.869. The van der Waals surface area contributed by atoms with Crippen molar-refractivity contribution in [2.45, 2.75) is 13.3 Å². The molecule has 0 aliphatic carbocycles. The lowest BCUT2D eigenvalue weighted by Crippen LogP contribution is -2.00. The molecule has 0 saturated heterocycles. The Balaban J connectivity index is 3.41. The van der Waals surface area contributed by atoms with E-state index in [1.54, 1.807) is 0 Å².